The van der Waals surface area contributed by atoms with Gasteiger partial charge in [-0.2, -0.15) is 0 Å². The van der Waals surface area contributed by atoms with Crippen LogP contribution in [0.3, 0.4) is 0 Å². The molecule has 4 heterocycles. The molecule has 5 rings (SSSR count). The van der Waals surface area contributed by atoms with E-state index in [1.54, 1.807) is 11.3 Å². The Balaban J connectivity index is 0.00000180. The maximum absolute atomic E-state index is 13.2. The number of halogens is 1. The molecule has 0 saturated carbocycles. The Bertz CT molecular complexity index is 912. The number of likely N-dealkylation sites (tertiary alicyclic amines) is 1. The van der Waals surface area contributed by atoms with Gasteiger partial charge in [0.1, 0.15) is 16.5 Å². The number of hydrogen-bond donors (Lipinski definition) is 1. The summed E-state index contributed by atoms with van der Waals surface area (Å²) in [6.45, 7) is 3.50. The third kappa shape index (κ3) is 3.35. The summed E-state index contributed by atoms with van der Waals surface area (Å²) in [4.78, 5) is 24.6. The van der Waals surface area contributed by atoms with E-state index in [4.69, 9.17) is 4.98 Å². The van der Waals surface area contributed by atoms with Crippen LogP contribution in [0.25, 0.3) is 10.2 Å². The smallest absolute Gasteiger partial charge is 0.274 e. The number of fused-ring (bicyclic) bond motifs is 2. The van der Waals surface area contributed by atoms with Crippen LogP contribution in [-0.4, -0.2) is 45.0 Å². The molecule has 1 amide bonds. The molecular weight excluding hydrogens is 382 g/mol. The molecule has 2 aromatic heterocycles. The predicted molar refractivity (Wildman–Crippen MR) is 109 cm³/mol. The van der Waals surface area contributed by atoms with Gasteiger partial charge in [0.05, 0.1) is 16.3 Å². The fourth-order valence-corrected chi connectivity index (χ4v) is 5.04. The molecule has 2 aliphatic rings. The van der Waals surface area contributed by atoms with Crippen LogP contribution in [0.1, 0.15) is 40.2 Å². The maximum Gasteiger partial charge on any atom is 0.274 e. The lowest BCUT2D eigenvalue weighted by molar-refractivity contribution is 0.0730. The van der Waals surface area contributed by atoms with Gasteiger partial charge in [0.15, 0.2) is 0 Å². The number of thiazole rings is 1. The number of nitrogens with one attached hydrogen (secondary N) is 1. The van der Waals surface area contributed by atoms with Crippen molar-refractivity contribution in [1.29, 1.82) is 0 Å². The summed E-state index contributed by atoms with van der Waals surface area (Å²) in [5.41, 5.74) is 1.60. The lowest BCUT2D eigenvalue weighted by atomic mass is 10.2. The van der Waals surface area contributed by atoms with Crippen molar-refractivity contribution in [3.63, 3.8) is 0 Å². The first-order valence-electron chi connectivity index (χ1n) is 9.23. The number of benzene rings is 1. The van der Waals surface area contributed by atoms with Crippen molar-refractivity contribution < 1.29 is 4.79 Å². The summed E-state index contributed by atoms with van der Waals surface area (Å²) >= 11 is 1.70. The highest BCUT2D eigenvalue weighted by Crippen LogP contribution is 2.37. The second-order valence-electron chi connectivity index (χ2n) is 6.91. The minimum absolute atomic E-state index is 0. The van der Waals surface area contributed by atoms with Gasteiger partial charge in [0.2, 0.25) is 0 Å². The number of carbonyl (C=O) groups is 1. The monoisotopic (exact) mass is 403 g/mol. The highest BCUT2D eigenvalue weighted by atomic mass is 35.5. The molecule has 142 valence electrons. The summed E-state index contributed by atoms with van der Waals surface area (Å²) in [5, 5.41) is 4.41. The number of rotatable bonds is 2. The second kappa shape index (κ2) is 7.58. The molecule has 1 unspecified atom stereocenters. The van der Waals surface area contributed by atoms with E-state index in [2.05, 4.69) is 20.9 Å². The normalized spacial score (nSPS) is 19.6. The molecule has 1 atom stereocenters. The molecule has 0 spiro atoms. The van der Waals surface area contributed by atoms with Crippen LogP contribution in [0.5, 0.6) is 0 Å². The van der Waals surface area contributed by atoms with E-state index in [9.17, 15) is 4.79 Å². The summed E-state index contributed by atoms with van der Waals surface area (Å²) in [5.74, 6) is 1.05. The van der Waals surface area contributed by atoms with Gasteiger partial charge in [0, 0.05) is 38.8 Å². The molecule has 0 radical (unpaired) electrons. The average molecular weight is 404 g/mol. The molecule has 1 saturated heterocycles. The molecule has 1 fully saturated rings. The number of amides is 1. The first-order chi connectivity index (χ1) is 12.8. The summed E-state index contributed by atoms with van der Waals surface area (Å²) in [7, 11) is 0. The number of aromatic nitrogens is 3. The van der Waals surface area contributed by atoms with Crippen LogP contribution in [-0.2, 0) is 13.0 Å². The first-order valence-corrected chi connectivity index (χ1v) is 10.0. The van der Waals surface area contributed by atoms with Crippen molar-refractivity contribution in [1.82, 2.24) is 24.8 Å². The highest BCUT2D eigenvalue weighted by molar-refractivity contribution is 7.18. The largest absolute Gasteiger partial charge is 0.333 e. The van der Waals surface area contributed by atoms with Gasteiger partial charge < -0.3 is 14.8 Å². The molecule has 0 bridgehead atoms. The molecular formula is C19H22ClN5OS. The Labute approximate surface area is 168 Å². The Hall–Kier alpha value is -1.96. The summed E-state index contributed by atoms with van der Waals surface area (Å²) < 4.78 is 3.30. The molecule has 6 nitrogen and oxygen atoms in total. The van der Waals surface area contributed by atoms with Crippen LogP contribution in [0.15, 0.2) is 30.5 Å². The van der Waals surface area contributed by atoms with Crippen LogP contribution >= 0.6 is 23.7 Å². The number of para-hydroxylation sites is 1. The zero-order valence-corrected chi connectivity index (χ0v) is 16.6. The van der Waals surface area contributed by atoms with Crippen LogP contribution in [0.4, 0.5) is 0 Å². The van der Waals surface area contributed by atoms with Gasteiger partial charge in [-0.15, -0.1) is 23.7 Å². The summed E-state index contributed by atoms with van der Waals surface area (Å²) in [6.07, 6.45) is 4.79. The number of hydrogen-bond acceptors (Lipinski definition) is 5. The number of nitrogens with zero attached hydrogens (tertiary/aromatic N) is 4. The minimum atomic E-state index is 0. The van der Waals surface area contributed by atoms with E-state index in [1.807, 2.05) is 29.3 Å². The van der Waals surface area contributed by atoms with E-state index in [-0.39, 0.29) is 24.4 Å². The van der Waals surface area contributed by atoms with Gasteiger partial charge in [-0.05, 0) is 25.0 Å². The van der Waals surface area contributed by atoms with Gasteiger partial charge in [-0.1, -0.05) is 12.1 Å². The minimum Gasteiger partial charge on any atom is -0.333 e. The zero-order chi connectivity index (χ0) is 17.5. The second-order valence-corrected chi connectivity index (χ2v) is 7.97. The Kier molecular flexibility index (Phi) is 5.16. The Morgan fingerprint density at radius 1 is 1.19 bits per heavy atom. The van der Waals surface area contributed by atoms with Gasteiger partial charge in [-0.25, -0.2) is 9.97 Å². The fraction of sp³-hybridized carbons (Fsp3) is 0.421. The first kappa shape index (κ1) is 18.4. The van der Waals surface area contributed by atoms with E-state index in [1.165, 1.54) is 4.70 Å². The van der Waals surface area contributed by atoms with Crippen LogP contribution < -0.4 is 5.32 Å². The van der Waals surface area contributed by atoms with Crippen molar-refractivity contribution in [2.75, 3.05) is 19.6 Å². The SMILES string of the molecule is Cl.O=C(c1cn2c(n1)CCNCC2)N1CCCC1c1nc2ccccc2s1. The van der Waals surface area contributed by atoms with Gasteiger partial charge in [-0.3, -0.25) is 4.79 Å². The van der Waals surface area contributed by atoms with E-state index in [0.29, 0.717) is 5.69 Å². The van der Waals surface area contributed by atoms with Crippen molar-refractivity contribution in [2.45, 2.75) is 31.8 Å². The topological polar surface area (TPSA) is 63.1 Å². The van der Waals surface area contributed by atoms with Crippen molar-refractivity contribution >= 4 is 39.9 Å². The van der Waals surface area contributed by atoms with Crippen LogP contribution in [0, 0.1) is 0 Å². The molecule has 8 heteroatoms. The third-order valence-electron chi connectivity index (χ3n) is 5.24. The standard InChI is InChI=1S/C19H21N5OS.ClH/c25-19(14-12-23-11-9-20-8-7-17(23)21-14)24-10-3-5-15(24)18-22-13-4-1-2-6-16(13)26-18;/h1-2,4,6,12,15,20H,3,5,7-11H2;1H. The lowest BCUT2D eigenvalue weighted by Gasteiger charge is -2.22. The molecule has 3 aromatic rings. The van der Waals surface area contributed by atoms with Crippen molar-refractivity contribution in [2.24, 2.45) is 0 Å². The van der Waals surface area contributed by atoms with Crippen molar-refractivity contribution in [3.05, 3.63) is 47.0 Å². The zero-order valence-electron chi connectivity index (χ0n) is 14.9. The maximum atomic E-state index is 13.2. The van der Waals surface area contributed by atoms with Gasteiger partial charge >= 0.3 is 0 Å². The van der Waals surface area contributed by atoms with Crippen molar-refractivity contribution in [3.8, 4) is 0 Å². The summed E-state index contributed by atoms with van der Waals surface area (Å²) in [6, 6.07) is 8.25. The average Bonchev–Trinajstić information content (AvgIpc) is 3.36. The number of carbonyl (C=O) groups excluding carboxylic acids is 1. The molecule has 27 heavy (non-hydrogen) atoms. The van der Waals surface area contributed by atoms with E-state index < -0.39 is 0 Å². The molecule has 1 aromatic carbocycles. The fourth-order valence-electron chi connectivity index (χ4n) is 3.92. The molecule has 1 N–H and O–H groups in total. The van der Waals surface area contributed by atoms with E-state index >= 15 is 0 Å². The lowest BCUT2D eigenvalue weighted by Crippen LogP contribution is -2.31. The Morgan fingerprint density at radius 2 is 2.07 bits per heavy atom. The van der Waals surface area contributed by atoms with Crippen LogP contribution in [0.2, 0.25) is 0 Å². The quantitative estimate of drug-likeness (QED) is 0.714. The third-order valence-corrected chi connectivity index (χ3v) is 6.38. The molecule has 2 aliphatic heterocycles. The predicted octanol–water partition coefficient (Wildman–Crippen LogP) is 3.04. The van der Waals surface area contributed by atoms with Gasteiger partial charge in [0.25, 0.3) is 5.91 Å². The Morgan fingerprint density at radius 3 is 2.96 bits per heavy atom. The number of imidazole rings is 1. The van der Waals surface area contributed by atoms with E-state index in [0.717, 1.165) is 61.8 Å². The molecule has 0 aliphatic carbocycles. The highest BCUT2D eigenvalue weighted by Gasteiger charge is 2.34.